The zero-order valence-electron chi connectivity index (χ0n) is 20.5. The number of carbonyl (C=O) groups is 1. The summed E-state index contributed by atoms with van der Waals surface area (Å²) in [5.74, 6) is -1.74. The first-order valence-electron chi connectivity index (χ1n) is 11.0. The van der Waals surface area contributed by atoms with Crippen molar-refractivity contribution in [3.63, 3.8) is 0 Å². The summed E-state index contributed by atoms with van der Waals surface area (Å²) in [7, 11) is 0. The van der Waals surface area contributed by atoms with E-state index >= 15 is 0 Å². The predicted octanol–water partition coefficient (Wildman–Crippen LogP) is 8.36. The number of benzene rings is 4. The highest BCUT2D eigenvalue weighted by Crippen LogP contribution is 2.47. The minimum atomic E-state index is -1.33. The molecular formula is C23H16N4O12S3. The summed E-state index contributed by atoms with van der Waals surface area (Å²) < 4.78 is 13.3. The van der Waals surface area contributed by atoms with Gasteiger partial charge >= 0.3 is 5.97 Å². The van der Waals surface area contributed by atoms with Crippen LogP contribution in [0.15, 0.2) is 102 Å². The zero-order chi connectivity index (χ0) is 29.9. The molecule has 4 aromatic rings. The van der Waals surface area contributed by atoms with Crippen molar-refractivity contribution in [1.82, 2.24) is 0 Å². The van der Waals surface area contributed by atoms with Gasteiger partial charge in [-0.05, 0) is 60.0 Å². The second-order valence-corrected chi connectivity index (χ2v) is 9.76. The first kappa shape index (κ1) is 31.2. The van der Waals surface area contributed by atoms with Gasteiger partial charge in [-0.1, -0.05) is 27.2 Å². The Bertz CT molecular complexity index is 1610. The number of nitrogens with zero attached hydrogens (tertiary/aromatic N) is 4. The summed E-state index contributed by atoms with van der Waals surface area (Å²) in [6.07, 6.45) is 0. The van der Waals surface area contributed by atoms with E-state index in [2.05, 4.69) is 48.6 Å². The highest BCUT2D eigenvalue weighted by Gasteiger charge is 2.19. The van der Waals surface area contributed by atoms with Crippen LogP contribution in [0.2, 0.25) is 0 Å². The quantitative estimate of drug-likeness (QED) is 0.0379. The number of fused-ring (bicyclic) bond motifs is 1. The van der Waals surface area contributed by atoms with Crippen LogP contribution in [0, 0.1) is 0 Å². The van der Waals surface area contributed by atoms with Crippen molar-refractivity contribution < 1.29 is 58.9 Å². The summed E-state index contributed by atoms with van der Waals surface area (Å²) in [4.78, 5) is 13.1. The fourth-order valence-electron chi connectivity index (χ4n) is 3.39. The lowest BCUT2D eigenvalue weighted by molar-refractivity contribution is -0.432. The van der Waals surface area contributed by atoms with Gasteiger partial charge in [0.1, 0.15) is 11.4 Å². The standard InChI is InChI=1S/C23H16N4O12S3/c28-22-20-12(2-1-3-18(20)41-38-35-32)10-19(42-39-36-33)21(22)27-26-17-9-6-14(11-16(17)23(29)30)25-24-13-4-7-15(8-5-13)40-37-34-31/h1-11,28,31-33H,(H,29,30)/b25-24+,27-26+. The Morgan fingerprint density at radius 3 is 2.02 bits per heavy atom. The molecule has 0 atom stereocenters. The molecule has 5 N–H and O–H groups in total. The Kier molecular flexibility index (Phi) is 11.5. The van der Waals surface area contributed by atoms with Gasteiger partial charge in [0.15, 0.2) is 5.75 Å². The number of hydrogen-bond donors (Lipinski definition) is 5. The molecule has 0 spiro atoms. The molecule has 16 nitrogen and oxygen atoms in total. The lowest BCUT2D eigenvalue weighted by Gasteiger charge is -2.11. The third kappa shape index (κ3) is 7.98. The van der Waals surface area contributed by atoms with E-state index in [1.807, 2.05) is 0 Å². The predicted molar refractivity (Wildman–Crippen MR) is 146 cm³/mol. The molecule has 0 saturated carbocycles. The molecule has 0 radical (unpaired) electrons. The molecule has 0 saturated heterocycles. The zero-order valence-corrected chi connectivity index (χ0v) is 22.9. The third-order valence-electron chi connectivity index (χ3n) is 5.09. The topological polar surface area (TPSA) is 223 Å². The maximum atomic E-state index is 12.0. The third-order valence-corrected chi connectivity index (χ3v) is 6.96. The lowest BCUT2D eigenvalue weighted by atomic mass is 10.1. The van der Waals surface area contributed by atoms with Crippen LogP contribution in [0.3, 0.4) is 0 Å². The number of carboxylic acid groups (broad SMARTS) is 1. The van der Waals surface area contributed by atoms with Crippen LogP contribution in [0.1, 0.15) is 10.4 Å². The van der Waals surface area contributed by atoms with Crippen molar-refractivity contribution in [2.24, 2.45) is 20.5 Å². The molecular weight excluding hydrogens is 620 g/mol. The number of phenols is 1. The molecule has 0 aliphatic heterocycles. The molecule has 4 rings (SSSR count). The summed E-state index contributed by atoms with van der Waals surface area (Å²) >= 11 is 1.87. The largest absolute Gasteiger partial charge is 0.505 e. The summed E-state index contributed by atoms with van der Waals surface area (Å²) in [6, 6.07) is 16.9. The summed E-state index contributed by atoms with van der Waals surface area (Å²) in [5.41, 5.74) is 0.137. The Balaban J connectivity index is 1.66. The number of azo groups is 2. The molecule has 0 aliphatic carbocycles. The van der Waals surface area contributed by atoms with Gasteiger partial charge in [0.2, 0.25) is 0 Å². The van der Waals surface area contributed by atoms with Gasteiger partial charge in [-0.25, -0.2) is 20.6 Å². The molecule has 0 aromatic heterocycles. The van der Waals surface area contributed by atoms with Crippen molar-refractivity contribution in [1.29, 1.82) is 0 Å². The van der Waals surface area contributed by atoms with Crippen LogP contribution >= 0.6 is 36.1 Å². The number of carboxylic acids is 1. The van der Waals surface area contributed by atoms with E-state index in [0.29, 0.717) is 45.0 Å². The van der Waals surface area contributed by atoms with Gasteiger partial charge in [-0.15, -0.1) is 23.2 Å². The Morgan fingerprint density at radius 2 is 1.33 bits per heavy atom. The van der Waals surface area contributed by atoms with E-state index in [-0.39, 0.29) is 32.9 Å². The lowest BCUT2D eigenvalue weighted by Crippen LogP contribution is -1.96. The van der Waals surface area contributed by atoms with Crippen LogP contribution in [-0.4, -0.2) is 32.0 Å². The van der Waals surface area contributed by atoms with Gasteiger partial charge in [-0.2, -0.15) is 10.2 Å². The molecule has 0 unspecified atom stereocenters. The Hall–Kier alpha value is -3.70. The normalized spacial score (nSPS) is 11.7. The Labute approximate surface area is 247 Å². The van der Waals surface area contributed by atoms with Gasteiger partial charge in [0.05, 0.1) is 62.9 Å². The number of rotatable bonds is 14. The monoisotopic (exact) mass is 636 g/mol. The molecule has 218 valence electrons. The van der Waals surface area contributed by atoms with E-state index in [0.717, 1.165) is 12.0 Å². The highest BCUT2D eigenvalue weighted by atomic mass is 32.2. The van der Waals surface area contributed by atoms with Crippen molar-refractivity contribution >= 4 is 75.6 Å². The number of aromatic hydroxyl groups is 1. The molecule has 0 fully saturated rings. The maximum Gasteiger partial charge on any atom is 0.338 e. The van der Waals surface area contributed by atoms with Crippen LogP contribution in [-0.2, 0) is 28.1 Å². The van der Waals surface area contributed by atoms with Crippen molar-refractivity contribution in [3.8, 4) is 5.75 Å². The van der Waals surface area contributed by atoms with E-state index in [1.54, 1.807) is 42.5 Å². The average molecular weight is 637 g/mol. The number of phenolic OH excluding ortho intramolecular Hbond substituents is 1. The van der Waals surface area contributed by atoms with Gasteiger partial charge in [0, 0.05) is 10.3 Å². The van der Waals surface area contributed by atoms with E-state index in [4.69, 9.17) is 15.8 Å². The smallest absolute Gasteiger partial charge is 0.338 e. The highest BCUT2D eigenvalue weighted by molar-refractivity contribution is 7.95. The fourth-order valence-corrected chi connectivity index (χ4v) is 4.77. The number of hydrogen-bond acceptors (Lipinski definition) is 18. The van der Waals surface area contributed by atoms with Gasteiger partial charge in [-0.3, -0.25) is 0 Å². The molecule has 0 heterocycles. The van der Waals surface area contributed by atoms with Gasteiger partial charge in [0.25, 0.3) is 0 Å². The van der Waals surface area contributed by atoms with E-state index in [1.165, 1.54) is 24.3 Å². The fraction of sp³-hybridized carbons (Fsp3) is 0. The summed E-state index contributed by atoms with van der Waals surface area (Å²) in [6.45, 7) is 0. The minimum absolute atomic E-state index is 0.0802. The van der Waals surface area contributed by atoms with E-state index < -0.39 is 11.7 Å². The SMILES string of the molecule is O=C(O)c1cc(/N=N/c2ccc(SOOO)cc2)ccc1/N=N/c1c(SOOO)cc2cccc(SOOO)c2c1O. The van der Waals surface area contributed by atoms with Crippen LogP contribution in [0.4, 0.5) is 22.7 Å². The molecule has 0 bridgehead atoms. The van der Waals surface area contributed by atoms with Crippen LogP contribution < -0.4 is 0 Å². The Morgan fingerprint density at radius 1 is 0.690 bits per heavy atom. The molecule has 19 heteroatoms. The second kappa shape index (κ2) is 15.5. The van der Waals surface area contributed by atoms with Crippen LogP contribution in [0.5, 0.6) is 5.75 Å². The summed E-state index contributed by atoms with van der Waals surface area (Å²) in [5, 5.41) is 73.9. The first-order chi connectivity index (χ1) is 20.4. The molecule has 0 aliphatic rings. The van der Waals surface area contributed by atoms with Crippen LogP contribution in [0.25, 0.3) is 10.8 Å². The second-order valence-electron chi connectivity index (χ2n) is 7.50. The maximum absolute atomic E-state index is 12.0. The first-order valence-corrected chi connectivity index (χ1v) is 13.2. The molecule has 0 amide bonds. The van der Waals surface area contributed by atoms with Crippen molar-refractivity contribution in [2.45, 2.75) is 14.7 Å². The molecule has 42 heavy (non-hydrogen) atoms. The number of aromatic carboxylic acids is 1. The van der Waals surface area contributed by atoms with Gasteiger partial charge < -0.3 is 10.2 Å². The van der Waals surface area contributed by atoms with Crippen molar-refractivity contribution in [3.05, 3.63) is 72.3 Å². The minimum Gasteiger partial charge on any atom is -0.505 e. The average Bonchev–Trinajstić information content (AvgIpc) is 3.00. The molecule has 4 aromatic carbocycles. The van der Waals surface area contributed by atoms with E-state index in [9.17, 15) is 15.0 Å². The van der Waals surface area contributed by atoms with Crippen molar-refractivity contribution in [2.75, 3.05) is 0 Å².